The average molecular weight is 374 g/mol. The van der Waals surface area contributed by atoms with Gasteiger partial charge in [-0.25, -0.2) is 0 Å². The molecule has 0 amide bonds. The Kier molecular flexibility index (Phi) is 5.27. The zero-order valence-corrected chi connectivity index (χ0v) is 19.2. The summed E-state index contributed by atoms with van der Waals surface area (Å²) in [5.74, 6) is 5.92. The van der Waals surface area contributed by atoms with Gasteiger partial charge >= 0.3 is 0 Å². The minimum atomic E-state index is 0.632. The van der Waals surface area contributed by atoms with Gasteiger partial charge in [-0.15, -0.1) is 0 Å². The summed E-state index contributed by atoms with van der Waals surface area (Å²) in [5, 5.41) is 3.47. The molecule has 1 N–H and O–H groups in total. The standard InChI is InChI=1S/C26H47N/c1-7-24(3)14-15-25(4)19(16-24)8-9-20-22-11-10-21(18(2)17-27-6)26(22,5)13-12-23(20)25/h18-23,27H,7-17H2,1-6H3/t18?,19?,20?,21?,22?,23?,24-,25?,26?/m0/s1. The highest BCUT2D eigenvalue weighted by Crippen LogP contribution is 2.69. The Morgan fingerprint density at radius 3 is 2.33 bits per heavy atom. The highest BCUT2D eigenvalue weighted by molar-refractivity contribution is 5.10. The predicted molar refractivity (Wildman–Crippen MR) is 117 cm³/mol. The molecule has 8 unspecified atom stereocenters. The molecule has 4 rings (SSSR count). The van der Waals surface area contributed by atoms with E-state index in [0.717, 1.165) is 35.5 Å². The fourth-order valence-electron chi connectivity index (χ4n) is 9.29. The van der Waals surface area contributed by atoms with E-state index in [2.05, 4.69) is 47.0 Å². The lowest BCUT2D eigenvalue weighted by atomic mass is 9.42. The zero-order chi connectivity index (χ0) is 19.4. The zero-order valence-electron chi connectivity index (χ0n) is 19.2. The van der Waals surface area contributed by atoms with Crippen molar-refractivity contribution in [2.24, 2.45) is 51.8 Å². The van der Waals surface area contributed by atoms with Crippen LogP contribution in [0.2, 0.25) is 0 Å². The Bertz CT molecular complexity index is 542. The van der Waals surface area contributed by atoms with E-state index in [1.165, 1.54) is 64.3 Å². The Morgan fingerprint density at radius 2 is 1.63 bits per heavy atom. The fraction of sp³-hybridized carbons (Fsp3) is 1.00. The first-order chi connectivity index (χ1) is 12.8. The van der Waals surface area contributed by atoms with Gasteiger partial charge in [-0.05, 0) is 123 Å². The molecule has 1 nitrogen and oxygen atoms in total. The van der Waals surface area contributed by atoms with E-state index in [4.69, 9.17) is 0 Å². The molecular weight excluding hydrogens is 326 g/mol. The first-order valence-electron chi connectivity index (χ1n) is 12.4. The van der Waals surface area contributed by atoms with E-state index in [1.807, 2.05) is 0 Å². The highest BCUT2D eigenvalue weighted by atomic mass is 14.8. The van der Waals surface area contributed by atoms with E-state index in [9.17, 15) is 0 Å². The molecule has 4 aliphatic rings. The smallest absolute Gasteiger partial charge is 0.00233 e. The first kappa shape index (κ1) is 20.2. The molecule has 9 atom stereocenters. The molecule has 0 heterocycles. The van der Waals surface area contributed by atoms with Gasteiger partial charge in [0.15, 0.2) is 0 Å². The third-order valence-electron chi connectivity index (χ3n) is 11.2. The second-order valence-electron chi connectivity index (χ2n) is 12.3. The van der Waals surface area contributed by atoms with Crippen molar-refractivity contribution in [1.29, 1.82) is 0 Å². The Hall–Kier alpha value is -0.0400. The maximum atomic E-state index is 3.47. The molecule has 4 saturated carbocycles. The van der Waals surface area contributed by atoms with Crippen molar-refractivity contribution < 1.29 is 0 Å². The summed E-state index contributed by atoms with van der Waals surface area (Å²) in [4.78, 5) is 0. The largest absolute Gasteiger partial charge is 0.319 e. The minimum Gasteiger partial charge on any atom is -0.319 e. The maximum absolute atomic E-state index is 3.47. The van der Waals surface area contributed by atoms with Crippen LogP contribution in [0.15, 0.2) is 0 Å². The van der Waals surface area contributed by atoms with Crippen LogP contribution >= 0.6 is 0 Å². The van der Waals surface area contributed by atoms with Crippen LogP contribution in [0.25, 0.3) is 0 Å². The van der Waals surface area contributed by atoms with Gasteiger partial charge < -0.3 is 5.32 Å². The third kappa shape index (κ3) is 3.04. The van der Waals surface area contributed by atoms with Gasteiger partial charge in [0.1, 0.15) is 0 Å². The second-order valence-corrected chi connectivity index (χ2v) is 12.3. The summed E-state index contributed by atoms with van der Waals surface area (Å²) < 4.78 is 0. The summed E-state index contributed by atoms with van der Waals surface area (Å²) in [5.41, 5.74) is 1.93. The fourth-order valence-corrected chi connectivity index (χ4v) is 9.29. The van der Waals surface area contributed by atoms with Crippen molar-refractivity contribution in [3.63, 3.8) is 0 Å². The summed E-state index contributed by atoms with van der Waals surface area (Å²) >= 11 is 0. The summed E-state index contributed by atoms with van der Waals surface area (Å²) in [6.45, 7) is 14.2. The lowest BCUT2D eigenvalue weighted by Gasteiger charge is -2.62. The number of rotatable bonds is 4. The van der Waals surface area contributed by atoms with Crippen LogP contribution in [-0.2, 0) is 0 Å². The summed E-state index contributed by atoms with van der Waals surface area (Å²) in [6, 6.07) is 0. The minimum absolute atomic E-state index is 0.632. The van der Waals surface area contributed by atoms with Gasteiger partial charge in [0.25, 0.3) is 0 Å². The van der Waals surface area contributed by atoms with Gasteiger partial charge in [0.2, 0.25) is 0 Å². The van der Waals surface area contributed by atoms with Crippen LogP contribution in [0, 0.1) is 51.8 Å². The molecule has 0 saturated heterocycles. The maximum Gasteiger partial charge on any atom is -0.00233 e. The number of hydrogen-bond donors (Lipinski definition) is 1. The van der Waals surface area contributed by atoms with E-state index >= 15 is 0 Å². The van der Waals surface area contributed by atoms with Gasteiger partial charge in [-0.3, -0.25) is 0 Å². The predicted octanol–water partition coefficient (Wildman–Crippen LogP) is 6.92. The molecule has 4 aliphatic carbocycles. The van der Waals surface area contributed by atoms with E-state index in [0.29, 0.717) is 16.2 Å². The Labute approximate surface area is 169 Å². The average Bonchev–Trinajstić information content (AvgIpc) is 3.00. The molecule has 0 aromatic rings. The van der Waals surface area contributed by atoms with Crippen LogP contribution in [0.5, 0.6) is 0 Å². The molecule has 4 fully saturated rings. The number of fused-ring (bicyclic) bond motifs is 5. The molecule has 0 aliphatic heterocycles. The van der Waals surface area contributed by atoms with E-state index in [1.54, 1.807) is 6.42 Å². The van der Waals surface area contributed by atoms with Gasteiger partial charge in [0, 0.05) is 0 Å². The topological polar surface area (TPSA) is 12.0 Å². The van der Waals surface area contributed by atoms with Crippen molar-refractivity contribution in [3.05, 3.63) is 0 Å². The Balaban J connectivity index is 1.54. The molecular formula is C26H47N. The summed E-state index contributed by atoms with van der Waals surface area (Å²) in [6.07, 6.45) is 15.1. The third-order valence-corrected chi connectivity index (χ3v) is 11.2. The van der Waals surface area contributed by atoms with Crippen LogP contribution in [0.1, 0.15) is 98.8 Å². The molecule has 0 bridgehead atoms. The monoisotopic (exact) mass is 373 g/mol. The molecule has 1 heteroatoms. The van der Waals surface area contributed by atoms with Gasteiger partial charge in [-0.2, -0.15) is 0 Å². The van der Waals surface area contributed by atoms with Crippen LogP contribution < -0.4 is 5.32 Å². The molecule has 0 aromatic heterocycles. The first-order valence-corrected chi connectivity index (χ1v) is 12.4. The quantitative estimate of drug-likeness (QED) is 0.564. The van der Waals surface area contributed by atoms with E-state index in [-0.39, 0.29) is 0 Å². The lowest BCUT2D eigenvalue weighted by Crippen LogP contribution is -2.54. The van der Waals surface area contributed by atoms with Crippen LogP contribution in [-0.4, -0.2) is 13.6 Å². The normalized spacial score (nSPS) is 53.3. The Morgan fingerprint density at radius 1 is 0.889 bits per heavy atom. The number of nitrogens with one attached hydrogen (secondary N) is 1. The van der Waals surface area contributed by atoms with Crippen molar-refractivity contribution in [1.82, 2.24) is 5.32 Å². The molecule has 0 spiro atoms. The van der Waals surface area contributed by atoms with Crippen molar-refractivity contribution >= 4 is 0 Å². The highest BCUT2D eigenvalue weighted by Gasteiger charge is 2.61. The van der Waals surface area contributed by atoms with Crippen molar-refractivity contribution in [3.8, 4) is 0 Å². The van der Waals surface area contributed by atoms with Crippen molar-refractivity contribution in [2.75, 3.05) is 13.6 Å². The molecule has 0 radical (unpaired) electrons. The SMILES string of the molecule is CC[C@@]1(C)CCC2(C)C(CCC3C2CCC2(C)C(C(C)CNC)CCC32)C1. The van der Waals surface area contributed by atoms with E-state index < -0.39 is 0 Å². The number of hydrogen-bond acceptors (Lipinski definition) is 1. The lowest BCUT2D eigenvalue weighted by molar-refractivity contribution is -0.131. The van der Waals surface area contributed by atoms with Crippen LogP contribution in [0.4, 0.5) is 0 Å². The second kappa shape index (κ2) is 7.03. The molecule has 27 heavy (non-hydrogen) atoms. The van der Waals surface area contributed by atoms with Gasteiger partial charge in [-0.1, -0.05) is 41.0 Å². The van der Waals surface area contributed by atoms with Crippen molar-refractivity contribution in [2.45, 2.75) is 98.8 Å². The molecule has 156 valence electrons. The summed E-state index contributed by atoms with van der Waals surface area (Å²) in [7, 11) is 2.14. The molecule has 0 aromatic carbocycles. The van der Waals surface area contributed by atoms with Gasteiger partial charge in [0.05, 0.1) is 0 Å². The van der Waals surface area contributed by atoms with Crippen LogP contribution in [0.3, 0.4) is 0 Å².